The number of carbonyl (C=O) groups is 1. The first-order chi connectivity index (χ1) is 9.24. The summed E-state index contributed by atoms with van der Waals surface area (Å²) in [5, 5.41) is 0. The molecule has 19 heavy (non-hydrogen) atoms. The van der Waals surface area contributed by atoms with Crippen LogP contribution in [0.3, 0.4) is 0 Å². The monoisotopic (exact) mass is 259 g/mol. The molecule has 1 aromatic carbocycles. The fourth-order valence-electron chi connectivity index (χ4n) is 2.53. The zero-order chi connectivity index (χ0) is 13.7. The highest BCUT2D eigenvalue weighted by Crippen LogP contribution is 2.27. The Bertz CT molecular complexity index is 424. The zero-order valence-corrected chi connectivity index (χ0v) is 11.4. The highest BCUT2D eigenvalue weighted by Gasteiger charge is 2.28. The molecule has 0 radical (unpaired) electrons. The fourth-order valence-corrected chi connectivity index (χ4v) is 2.53. The molecule has 0 N–H and O–H groups in total. The Kier molecular flexibility index (Phi) is 4.74. The maximum atomic E-state index is 12.5. The van der Waals surface area contributed by atoms with Gasteiger partial charge in [-0.15, -0.1) is 6.58 Å². The number of benzene rings is 1. The number of hydrogen-bond donors (Lipinski definition) is 0. The largest absolute Gasteiger partial charge is 0.378 e. The van der Waals surface area contributed by atoms with Crippen molar-refractivity contribution in [3.63, 3.8) is 0 Å². The predicted octanol–water partition coefficient (Wildman–Crippen LogP) is 2.45. The van der Waals surface area contributed by atoms with Crippen LogP contribution in [0, 0.1) is 5.92 Å². The third-order valence-electron chi connectivity index (χ3n) is 3.69. The van der Waals surface area contributed by atoms with Crippen molar-refractivity contribution in [1.29, 1.82) is 0 Å². The second kappa shape index (κ2) is 6.53. The molecule has 0 spiro atoms. The topological polar surface area (TPSA) is 29.5 Å². The van der Waals surface area contributed by atoms with E-state index in [0.717, 1.165) is 5.56 Å². The number of ether oxygens (including phenoxy) is 1. The molecule has 3 heteroatoms. The lowest BCUT2D eigenvalue weighted by molar-refractivity contribution is -0.139. The Morgan fingerprint density at radius 1 is 1.32 bits per heavy atom. The van der Waals surface area contributed by atoms with E-state index in [9.17, 15) is 4.79 Å². The van der Waals surface area contributed by atoms with Crippen LogP contribution in [0.15, 0.2) is 43.0 Å². The van der Waals surface area contributed by atoms with Crippen LogP contribution in [0.1, 0.15) is 18.4 Å². The summed E-state index contributed by atoms with van der Waals surface area (Å²) in [5.74, 6) is 0.173. The van der Waals surface area contributed by atoms with Crippen molar-refractivity contribution in [3.05, 3.63) is 48.6 Å². The van der Waals surface area contributed by atoms with Gasteiger partial charge in [0.05, 0.1) is 13.2 Å². The van der Waals surface area contributed by atoms with Gasteiger partial charge >= 0.3 is 0 Å². The third kappa shape index (κ3) is 3.24. The molecule has 102 valence electrons. The lowest BCUT2D eigenvalue weighted by Gasteiger charge is -2.31. The van der Waals surface area contributed by atoms with Gasteiger partial charge in [0.25, 0.3) is 0 Å². The van der Waals surface area contributed by atoms with Crippen LogP contribution in [0.2, 0.25) is 0 Å². The molecular formula is C16H21NO2. The Balaban J connectivity index is 2.09. The summed E-state index contributed by atoms with van der Waals surface area (Å²) >= 11 is 0. The van der Waals surface area contributed by atoms with Gasteiger partial charge in [0.2, 0.25) is 5.91 Å². The van der Waals surface area contributed by atoms with Crippen molar-refractivity contribution in [2.45, 2.75) is 12.8 Å². The van der Waals surface area contributed by atoms with Crippen LogP contribution in [0.25, 0.3) is 0 Å². The SMILES string of the molecule is C=C[C@H](c1ccccc1)[C@@H](C)C(=O)N1CCOCC1. The Labute approximate surface area is 114 Å². The molecule has 2 atom stereocenters. The van der Waals surface area contributed by atoms with Gasteiger partial charge in [0.1, 0.15) is 0 Å². The molecule has 1 fully saturated rings. The van der Waals surface area contributed by atoms with Crippen LogP contribution in [0.4, 0.5) is 0 Å². The van der Waals surface area contributed by atoms with E-state index in [4.69, 9.17) is 4.74 Å². The van der Waals surface area contributed by atoms with Crippen LogP contribution in [0.5, 0.6) is 0 Å². The zero-order valence-electron chi connectivity index (χ0n) is 11.4. The molecule has 1 aliphatic heterocycles. The second-order valence-electron chi connectivity index (χ2n) is 4.90. The predicted molar refractivity (Wildman–Crippen MR) is 75.9 cm³/mol. The van der Waals surface area contributed by atoms with E-state index in [1.165, 1.54) is 0 Å². The molecule has 0 unspecified atom stereocenters. The summed E-state index contributed by atoms with van der Waals surface area (Å²) in [4.78, 5) is 14.4. The number of carbonyl (C=O) groups excluding carboxylic acids is 1. The van der Waals surface area contributed by atoms with E-state index < -0.39 is 0 Å². The van der Waals surface area contributed by atoms with Gasteiger partial charge in [0, 0.05) is 24.9 Å². The highest BCUT2D eigenvalue weighted by atomic mass is 16.5. The molecule has 1 saturated heterocycles. The molecular weight excluding hydrogens is 238 g/mol. The van der Waals surface area contributed by atoms with E-state index in [0.29, 0.717) is 26.3 Å². The minimum absolute atomic E-state index is 0.0662. The first-order valence-electron chi connectivity index (χ1n) is 6.78. The number of amides is 1. The summed E-state index contributed by atoms with van der Waals surface area (Å²) in [6, 6.07) is 10.1. The highest BCUT2D eigenvalue weighted by molar-refractivity contribution is 5.80. The van der Waals surface area contributed by atoms with E-state index in [1.54, 1.807) is 0 Å². The lowest BCUT2D eigenvalue weighted by Crippen LogP contribution is -2.44. The van der Waals surface area contributed by atoms with Crippen molar-refractivity contribution >= 4 is 5.91 Å². The summed E-state index contributed by atoms with van der Waals surface area (Å²) < 4.78 is 5.29. The molecule has 0 aromatic heterocycles. The first-order valence-corrected chi connectivity index (χ1v) is 6.78. The maximum Gasteiger partial charge on any atom is 0.226 e. The standard InChI is InChI=1S/C16H21NO2/c1-3-15(14-7-5-4-6-8-14)13(2)16(18)17-9-11-19-12-10-17/h3-8,13,15H,1,9-12H2,2H3/t13-,15+/m1/s1. The van der Waals surface area contributed by atoms with E-state index >= 15 is 0 Å². The number of rotatable bonds is 4. The average molecular weight is 259 g/mol. The minimum Gasteiger partial charge on any atom is -0.378 e. The molecule has 0 aliphatic carbocycles. The van der Waals surface area contributed by atoms with E-state index in [1.807, 2.05) is 36.1 Å². The second-order valence-corrected chi connectivity index (χ2v) is 4.90. The maximum absolute atomic E-state index is 12.5. The molecule has 3 nitrogen and oxygen atoms in total. The van der Waals surface area contributed by atoms with Gasteiger partial charge in [-0.25, -0.2) is 0 Å². The molecule has 1 aromatic rings. The molecule has 1 heterocycles. The molecule has 1 aliphatic rings. The average Bonchev–Trinajstić information content (AvgIpc) is 2.49. The molecule has 0 saturated carbocycles. The Hall–Kier alpha value is -1.61. The lowest BCUT2D eigenvalue weighted by atomic mass is 9.86. The van der Waals surface area contributed by atoms with E-state index in [-0.39, 0.29) is 17.7 Å². The molecule has 2 rings (SSSR count). The van der Waals surface area contributed by atoms with Crippen LogP contribution < -0.4 is 0 Å². The van der Waals surface area contributed by atoms with Crippen LogP contribution >= 0.6 is 0 Å². The summed E-state index contributed by atoms with van der Waals surface area (Å²) in [7, 11) is 0. The number of morpholine rings is 1. The smallest absolute Gasteiger partial charge is 0.226 e. The van der Waals surface area contributed by atoms with E-state index in [2.05, 4.69) is 18.7 Å². The Morgan fingerprint density at radius 3 is 2.53 bits per heavy atom. The minimum atomic E-state index is -0.0852. The van der Waals surface area contributed by atoms with Crippen molar-refractivity contribution < 1.29 is 9.53 Å². The number of allylic oxidation sites excluding steroid dienone is 1. The van der Waals surface area contributed by atoms with Crippen LogP contribution in [-0.4, -0.2) is 37.1 Å². The third-order valence-corrected chi connectivity index (χ3v) is 3.69. The number of hydrogen-bond acceptors (Lipinski definition) is 2. The first kappa shape index (κ1) is 13.8. The summed E-state index contributed by atoms with van der Waals surface area (Å²) in [6.07, 6.45) is 1.87. The van der Waals surface area contributed by atoms with Gasteiger partial charge in [-0.3, -0.25) is 4.79 Å². The number of nitrogens with zero attached hydrogens (tertiary/aromatic N) is 1. The van der Waals surface area contributed by atoms with Crippen molar-refractivity contribution in [1.82, 2.24) is 4.90 Å². The van der Waals surface area contributed by atoms with Gasteiger partial charge in [-0.05, 0) is 5.56 Å². The van der Waals surface area contributed by atoms with Crippen molar-refractivity contribution in [3.8, 4) is 0 Å². The summed E-state index contributed by atoms with van der Waals surface area (Å²) in [5.41, 5.74) is 1.15. The Morgan fingerprint density at radius 2 is 1.95 bits per heavy atom. The van der Waals surface area contributed by atoms with Crippen molar-refractivity contribution in [2.24, 2.45) is 5.92 Å². The fraction of sp³-hybridized carbons (Fsp3) is 0.438. The molecule has 1 amide bonds. The normalized spacial score (nSPS) is 18.7. The molecule has 0 bridgehead atoms. The van der Waals surface area contributed by atoms with Crippen LogP contribution in [-0.2, 0) is 9.53 Å². The quantitative estimate of drug-likeness (QED) is 0.777. The van der Waals surface area contributed by atoms with Crippen molar-refractivity contribution in [2.75, 3.05) is 26.3 Å². The van der Waals surface area contributed by atoms with Gasteiger partial charge in [-0.1, -0.05) is 43.3 Å². The van der Waals surface area contributed by atoms with Gasteiger partial charge in [-0.2, -0.15) is 0 Å². The van der Waals surface area contributed by atoms with Gasteiger partial charge < -0.3 is 9.64 Å². The summed E-state index contributed by atoms with van der Waals surface area (Å²) in [6.45, 7) is 8.55. The van der Waals surface area contributed by atoms with Gasteiger partial charge in [0.15, 0.2) is 0 Å².